The molecule has 4 nitrogen and oxygen atoms in total. The number of fused-ring (bicyclic) bond motifs is 1. The number of nitrogens with one attached hydrogen (secondary N) is 1. The van der Waals surface area contributed by atoms with Crippen molar-refractivity contribution in [1.82, 2.24) is 9.55 Å². The molecule has 3 rings (SSSR count). The van der Waals surface area contributed by atoms with Gasteiger partial charge in [0.25, 0.3) is 0 Å². The van der Waals surface area contributed by atoms with Crippen LogP contribution in [0.2, 0.25) is 0 Å². The van der Waals surface area contributed by atoms with Crippen molar-refractivity contribution in [2.75, 3.05) is 18.4 Å². The average Bonchev–Trinajstić information content (AvgIpc) is 2.59. The van der Waals surface area contributed by atoms with E-state index in [1.807, 2.05) is 6.20 Å². The number of hydrogen-bond acceptors (Lipinski definition) is 3. The predicted octanol–water partition coefficient (Wildman–Crippen LogP) is 1.15. The van der Waals surface area contributed by atoms with E-state index >= 15 is 0 Å². The Morgan fingerprint density at radius 1 is 1.53 bits per heavy atom. The van der Waals surface area contributed by atoms with E-state index in [1.165, 1.54) is 25.0 Å². The molecule has 2 heterocycles. The number of imidazole rings is 1. The SMILES string of the molecule is NCC1CNc2ncc(C3CCC3)n2C1. The summed E-state index contributed by atoms with van der Waals surface area (Å²) in [6, 6.07) is 0. The molecule has 3 N–H and O–H groups in total. The van der Waals surface area contributed by atoms with Gasteiger partial charge < -0.3 is 15.6 Å². The minimum Gasteiger partial charge on any atom is -0.355 e. The van der Waals surface area contributed by atoms with Crippen molar-refractivity contribution >= 4 is 5.95 Å². The summed E-state index contributed by atoms with van der Waals surface area (Å²) >= 11 is 0. The fraction of sp³-hybridized carbons (Fsp3) is 0.727. The molecule has 15 heavy (non-hydrogen) atoms. The van der Waals surface area contributed by atoms with E-state index in [0.29, 0.717) is 5.92 Å². The summed E-state index contributed by atoms with van der Waals surface area (Å²) < 4.78 is 2.34. The summed E-state index contributed by atoms with van der Waals surface area (Å²) in [5.74, 6) is 2.36. The van der Waals surface area contributed by atoms with Crippen LogP contribution in [0.3, 0.4) is 0 Å². The molecule has 1 unspecified atom stereocenters. The third-order valence-corrected chi connectivity index (χ3v) is 3.73. The molecule has 0 bridgehead atoms. The number of nitrogens with zero attached hydrogens (tertiary/aromatic N) is 2. The van der Waals surface area contributed by atoms with Gasteiger partial charge in [0, 0.05) is 30.6 Å². The first kappa shape index (κ1) is 9.21. The molecule has 0 saturated heterocycles. The molecular weight excluding hydrogens is 188 g/mol. The molecule has 82 valence electrons. The number of hydrogen-bond donors (Lipinski definition) is 2. The van der Waals surface area contributed by atoms with Crippen molar-refractivity contribution in [2.45, 2.75) is 31.7 Å². The summed E-state index contributed by atoms with van der Waals surface area (Å²) in [5.41, 5.74) is 7.15. The second kappa shape index (κ2) is 3.52. The number of aromatic nitrogens is 2. The Hall–Kier alpha value is -1.03. The van der Waals surface area contributed by atoms with Crippen LogP contribution in [0.1, 0.15) is 30.9 Å². The molecule has 1 atom stereocenters. The van der Waals surface area contributed by atoms with Gasteiger partial charge in [-0.25, -0.2) is 4.98 Å². The fourth-order valence-electron chi connectivity index (χ4n) is 2.47. The standard InChI is InChI=1S/C11H18N4/c12-4-8-5-13-11-14-6-10(15(11)7-8)9-2-1-3-9/h6,8-9H,1-5,7,12H2,(H,13,14). The van der Waals surface area contributed by atoms with Gasteiger partial charge in [0.05, 0.1) is 6.20 Å². The normalized spacial score (nSPS) is 25.5. The second-order valence-electron chi connectivity index (χ2n) is 4.73. The van der Waals surface area contributed by atoms with Gasteiger partial charge in [-0.05, 0) is 19.4 Å². The van der Waals surface area contributed by atoms with E-state index in [1.54, 1.807) is 0 Å². The quantitative estimate of drug-likeness (QED) is 0.763. The average molecular weight is 206 g/mol. The van der Waals surface area contributed by atoms with Gasteiger partial charge in [-0.15, -0.1) is 0 Å². The third kappa shape index (κ3) is 1.44. The zero-order chi connectivity index (χ0) is 10.3. The molecule has 1 aliphatic carbocycles. The Bertz CT molecular complexity index is 353. The third-order valence-electron chi connectivity index (χ3n) is 3.73. The lowest BCUT2D eigenvalue weighted by molar-refractivity contribution is 0.373. The Labute approximate surface area is 89.9 Å². The monoisotopic (exact) mass is 206 g/mol. The first-order valence-electron chi connectivity index (χ1n) is 5.88. The van der Waals surface area contributed by atoms with Crippen LogP contribution in [0.25, 0.3) is 0 Å². The van der Waals surface area contributed by atoms with Gasteiger partial charge in [0.2, 0.25) is 5.95 Å². The lowest BCUT2D eigenvalue weighted by Crippen LogP contribution is -2.33. The molecule has 0 aromatic carbocycles. The van der Waals surface area contributed by atoms with E-state index in [0.717, 1.165) is 31.5 Å². The van der Waals surface area contributed by atoms with Crippen LogP contribution in [0.4, 0.5) is 5.95 Å². The van der Waals surface area contributed by atoms with Crippen LogP contribution in [0, 0.1) is 5.92 Å². The van der Waals surface area contributed by atoms with Crippen molar-refractivity contribution in [2.24, 2.45) is 11.7 Å². The van der Waals surface area contributed by atoms with Gasteiger partial charge in [-0.2, -0.15) is 0 Å². The molecule has 1 aliphatic heterocycles. The van der Waals surface area contributed by atoms with Gasteiger partial charge in [-0.3, -0.25) is 0 Å². The van der Waals surface area contributed by atoms with Crippen molar-refractivity contribution in [3.05, 3.63) is 11.9 Å². The van der Waals surface area contributed by atoms with Gasteiger partial charge in [-0.1, -0.05) is 6.42 Å². The number of nitrogens with two attached hydrogens (primary N) is 1. The molecular formula is C11H18N4. The maximum atomic E-state index is 5.73. The van der Waals surface area contributed by atoms with Gasteiger partial charge >= 0.3 is 0 Å². The lowest BCUT2D eigenvalue weighted by Gasteiger charge is -2.30. The highest BCUT2D eigenvalue weighted by Crippen LogP contribution is 2.38. The highest BCUT2D eigenvalue weighted by molar-refractivity contribution is 5.33. The number of anilines is 1. The minimum atomic E-state index is 0.561. The molecule has 1 aromatic rings. The summed E-state index contributed by atoms with van der Waals surface area (Å²) in [4.78, 5) is 4.44. The Kier molecular flexibility index (Phi) is 2.16. The largest absolute Gasteiger partial charge is 0.355 e. The van der Waals surface area contributed by atoms with Crippen molar-refractivity contribution < 1.29 is 0 Å². The fourth-order valence-corrected chi connectivity index (χ4v) is 2.47. The topological polar surface area (TPSA) is 55.9 Å². The predicted molar refractivity (Wildman–Crippen MR) is 59.9 cm³/mol. The zero-order valence-corrected chi connectivity index (χ0v) is 8.95. The van der Waals surface area contributed by atoms with E-state index in [9.17, 15) is 0 Å². The van der Waals surface area contributed by atoms with Crippen LogP contribution in [0.15, 0.2) is 6.20 Å². The van der Waals surface area contributed by atoms with E-state index in [-0.39, 0.29) is 0 Å². The van der Waals surface area contributed by atoms with Gasteiger partial charge in [0.1, 0.15) is 0 Å². The second-order valence-corrected chi connectivity index (χ2v) is 4.73. The van der Waals surface area contributed by atoms with Crippen LogP contribution in [0.5, 0.6) is 0 Å². The maximum absolute atomic E-state index is 5.73. The lowest BCUT2D eigenvalue weighted by atomic mass is 9.83. The molecule has 0 radical (unpaired) electrons. The van der Waals surface area contributed by atoms with Crippen molar-refractivity contribution in [1.29, 1.82) is 0 Å². The zero-order valence-electron chi connectivity index (χ0n) is 8.95. The maximum Gasteiger partial charge on any atom is 0.203 e. The molecule has 1 fully saturated rings. The number of rotatable bonds is 2. The summed E-state index contributed by atoms with van der Waals surface area (Å²) in [7, 11) is 0. The van der Waals surface area contributed by atoms with Crippen LogP contribution in [-0.2, 0) is 6.54 Å². The Morgan fingerprint density at radius 2 is 2.40 bits per heavy atom. The smallest absolute Gasteiger partial charge is 0.203 e. The van der Waals surface area contributed by atoms with Crippen LogP contribution in [-0.4, -0.2) is 22.6 Å². The van der Waals surface area contributed by atoms with E-state index in [2.05, 4.69) is 14.9 Å². The van der Waals surface area contributed by atoms with Crippen LogP contribution < -0.4 is 11.1 Å². The summed E-state index contributed by atoms with van der Waals surface area (Å²) in [5, 5.41) is 3.36. The van der Waals surface area contributed by atoms with Crippen LogP contribution >= 0.6 is 0 Å². The van der Waals surface area contributed by atoms with Gasteiger partial charge in [0.15, 0.2) is 0 Å². The first-order chi connectivity index (χ1) is 7.38. The summed E-state index contributed by atoms with van der Waals surface area (Å²) in [6.45, 7) is 2.77. The molecule has 0 amide bonds. The van der Waals surface area contributed by atoms with Crippen molar-refractivity contribution in [3.63, 3.8) is 0 Å². The molecule has 4 heteroatoms. The van der Waals surface area contributed by atoms with E-state index in [4.69, 9.17) is 5.73 Å². The Morgan fingerprint density at radius 3 is 3.07 bits per heavy atom. The van der Waals surface area contributed by atoms with E-state index < -0.39 is 0 Å². The van der Waals surface area contributed by atoms with Crippen molar-refractivity contribution in [3.8, 4) is 0 Å². The summed E-state index contributed by atoms with van der Waals surface area (Å²) in [6.07, 6.45) is 6.08. The highest BCUT2D eigenvalue weighted by Gasteiger charge is 2.27. The molecule has 2 aliphatic rings. The molecule has 0 spiro atoms. The highest BCUT2D eigenvalue weighted by atomic mass is 15.2. The minimum absolute atomic E-state index is 0.561. The Balaban J connectivity index is 1.88. The molecule has 1 aromatic heterocycles. The molecule has 1 saturated carbocycles. The first-order valence-corrected chi connectivity index (χ1v) is 5.88.